The molecule has 1 rings (SSSR count). The molecule has 1 aliphatic rings. The van der Waals surface area contributed by atoms with Crippen LogP contribution in [0.25, 0.3) is 0 Å². The lowest BCUT2D eigenvalue weighted by molar-refractivity contribution is -0.145. The Hall–Kier alpha value is -2.23. The van der Waals surface area contributed by atoms with Gasteiger partial charge in [0.1, 0.15) is 6.04 Å². The van der Waals surface area contributed by atoms with E-state index in [0.29, 0.717) is 24.1 Å². The first-order chi connectivity index (χ1) is 14.6. The molecule has 8 nitrogen and oxygen atoms in total. The number of nitrogens with zero attached hydrogens (tertiary/aromatic N) is 1. The van der Waals surface area contributed by atoms with Gasteiger partial charge in [0.15, 0.2) is 0 Å². The Morgan fingerprint density at radius 1 is 1.42 bits per heavy atom. The van der Waals surface area contributed by atoms with Crippen molar-refractivity contribution in [2.24, 2.45) is 0 Å². The highest BCUT2D eigenvalue weighted by Crippen LogP contribution is 2.32. The second-order valence-electron chi connectivity index (χ2n) is 6.94. The predicted molar refractivity (Wildman–Crippen MR) is 122 cm³/mol. The van der Waals surface area contributed by atoms with E-state index >= 15 is 0 Å². The maximum atomic E-state index is 12.5. The SMILES string of the molecule is C=C/C=C(\C(=C)Cl)[C@@H](C(=O)OC)N1CCC(SCNC(=O)OC(C)C)/C(=C/C(=O)O)C1. The number of amides is 1. The molecule has 1 unspecified atom stereocenters. The summed E-state index contributed by atoms with van der Waals surface area (Å²) in [5.41, 5.74) is 1.04. The average Bonchev–Trinajstić information content (AvgIpc) is 2.67. The number of carboxylic acid groups (broad SMARTS) is 1. The van der Waals surface area contributed by atoms with Crippen LogP contribution in [-0.4, -0.2) is 71.5 Å². The molecule has 1 fully saturated rings. The zero-order valence-electron chi connectivity index (χ0n) is 17.9. The number of nitrogens with one attached hydrogen (secondary N) is 1. The van der Waals surface area contributed by atoms with Gasteiger partial charge >= 0.3 is 18.0 Å². The van der Waals surface area contributed by atoms with Gasteiger partial charge in [-0.2, -0.15) is 0 Å². The van der Waals surface area contributed by atoms with Gasteiger partial charge in [-0.15, -0.1) is 11.8 Å². The zero-order valence-corrected chi connectivity index (χ0v) is 19.5. The largest absolute Gasteiger partial charge is 0.478 e. The second-order valence-corrected chi connectivity index (χ2v) is 8.58. The fourth-order valence-corrected chi connectivity index (χ4v) is 4.29. The van der Waals surface area contributed by atoms with Crippen molar-refractivity contribution in [3.05, 3.63) is 47.6 Å². The van der Waals surface area contributed by atoms with Crippen LogP contribution < -0.4 is 5.32 Å². The maximum Gasteiger partial charge on any atom is 0.408 e. The quantitative estimate of drug-likeness (QED) is 0.216. The lowest BCUT2D eigenvalue weighted by atomic mass is 9.97. The van der Waals surface area contributed by atoms with E-state index in [4.69, 9.17) is 21.1 Å². The van der Waals surface area contributed by atoms with Crippen molar-refractivity contribution < 1.29 is 29.0 Å². The van der Waals surface area contributed by atoms with E-state index in [2.05, 4.69) is 18.5 Å². The van der Waals surface area contributed by atoms with Crippen LogP contribution in [0, 0.1) is 0 Å². The molecule has 1 amide bonds. The molecule has 0 aliphatic carbocycles. The second kappa shape index (κ2) is 13.2. The van der Waals surface area contributed by atoms with E-state index in [1.165, 1.54) is 24.9 Å². The summed E-state index contributed by atoms with van der Waals surface area (Å²) >= 11 is 7.51. The summed E-state index contributed by atoms with van der Waals surface area (Å²) in [4.78, 5) is 37.4. The van der Waals surface area contributed by atoms with Crippen LogP contribution in [0.5, 0.6) is 0 Å². The highest BCUT2D eigenvalue weighted by molar-refractivity contribution is 8.00. The standard InChI is InChI=1S/C21H29ClN2O6S/c1-6-7-16(14(4)22)19(20(27)29-5)24-9-8-17(15(11-24)10-18(25)26)31-12-23-21(28)30-13(2)3/h6-7,10,13,17,19H,1,4,8-9,11-12H2,2-3,5H3,(H,23,28)(H,25,26)/b15-10+,16-7+/t17?,19-/m0/s1. The number of allylic oxidation sites excluding steroid dienone is 2. The van der Waals surface area contributed by atoms with Gasteiger partial charge in [0, 0.05) is 29.4 Å². The number of halogens is 1. The molecule has 0 spiro atoms. The van der Waals surface area contributed by atoms with Crippen LogP contribution in [-0.2, 0) is 19.1 Å². The summed E-state index contributed by atoms with van der Waals surface area (Å²) in [6, 6.07) is -0.852. The first-order valence-electron chi connectivity index (χ1n) is 9.59. The van der Waals surface area contributed by atoms with Gasteiger partial charge in [0.2, 0.25) is 0 Å². The van der Waals surface area contributed by atoms with Gasteiger partial charge in [-0.1, -0.05) is 36.9 Å². The first kappa shape index (κ1) is 26.8. The highest BCUT2D eigenvalue weighted by Gasteiger charge is 2.36. The Labute approximate surface area is 192 Å². The lowest BCUT2D eigenvalue weighted by Crippen LogP contribution is -2.49. The van der Waals surface area contributed by atoms with Crippen molar-refractivity contribution in [3.8, 4) is 0 Å². The normalized spacial score (nSPS) is 19.6. The molecule has 2 atom stereocenters. The van der Waals surface area contributed by atoms with Crippen LogP contribution in [0.4, 0.5) is 4.79 Å². The number of alkyl carbamates (subject to hydrolysis) is 1. The van der Waals surface area contributed by atoms with E-state index in [1.54, 1.807) is 24.8 Å². The van der Waals surface area contributed by atoms with Crippen LogP contribution in [0.1, 0.15) is 20.3 Å². The summed E-state index contributed by atoms with van der Waals surface area (Å²) in [5, 5.41) is 12.0. The Morgan fingerprint density at radius 3 is 2.61 bits per heavy atom. The van der Waals surface area contributed by atoms with Crippen molar-refractivity contribution >= 4 is 41.4 Å². The summed E-state index contributed by atoms with van der Waals surface area (Å²) in [6.07, 6.45) is 4.00. The number of thioether (sulfide) groups is 1. The number of carbonyl (C=O) groups excluding carboxylic acids is 2. The molecule has 31 heavy (non-hydrogen) atoms. The number of hydrogen-bond acceptors (Lipinski definition) is 7. The number of carboxylic acids is 1. The van der Waals surface area contributed by atoms with Gasteiger partial charge in [-0.3, -0.25) is 4.90 Å². The summed E-state index contributed by atoms with van der Waals surface area (Å²) in [6.45, 7) is 11.5. The monoisotopic (exact) mass is 472 g/mol. The lowest BCUT2D eigenvalue weighted by Gasteiger charge is -2.38. The fraction of sp³-hybridized carbons (Fsp3) is 0.476. The van der Waals surface area contributed by atoms with Crippen molar-refractivity contribution in [2.75, 3.05) is 26.1 Å². The number of esters is 1. The molecular formula is C21H29ClN2O6S. The van der Waals surface area contributed by atoms with Crippen molar-refractivity contribution in [3.63, 3.8) is 0 Å². The van der Waals surface area contributed by atoms with Crippen molar-refractivity contribution in [1.29, 1.82) is 0 Å². The summed E-state index contributed by atoms with van der Waals surface area (Å²) < 4.78 is 9.97. The molecule has 1 aliphatic heterocycles. The van der Waals surface area contributed by atoms with Crippen LogP contribution in [0.15, 0.2) is 47.6 Å². The molecule has 2 N–H and O–H groups in total. The van der Waals surface area contributed by atoms with Gasteiger partial charge < -0.3 is 19.9 Å². The molecule has 0 aromatic rings. The fourth-order valence-electron chi connectivity index (χ4n) is 3.09. The molecule has 0 bridgehead atoms. The van der Waals surface area contributed by atoms with Crippen molar-refractivity contribution in [1.82, 2.24) is 10.2 Å². The van der Waals surface area contributed by atoms with Crippen LogP contribution >= 0.6 is 23.4 Å². The molecule has 1 saturated heterocycles. The predicted octanol–water partition coefficient (Wildman–Crippen LogP) is 3.30. The molecule has 0 saturated carbocycles. The minimum atomic E-state index is -1.09. The molecule has 0 aromatic carbocycles. The van der Waals surface area contributed by atoms with Crippen molar-refractivity contribution in [2.45, 2.75) is 37.7 Å². The number of piperidine rings is 1. The van der Waals surface area contributed by atoms with Gasteiger partial charge in [0.25, 0.3) is 0 Å². The molecule has 1 heterocycles. The molecule has 0 radical (unpaired) electrons. The third-order valence-corrected chi connectivity index (χ3v) is 5.80. The number of aliphatic carboxylic acids is 1. The van der Waals surface area contributed by atoms with Crippen LogP contribution in [0.2, 0.25) is 0 Å². The maximum absolute atomic E-state index is 12.5. The Bertz CT molecular complexity index is 765. The Balaban J connectivity index is 3.01. The van der Waals surface area contributed by atoms with E-state index in [0.717, 1.165) is 6.08 Å². The topological polar surface area (TPSA) is 105 Å². The Kier molecular flexibility index (Phi) is 11.4. The average molecular weight is 473 g/mol. The zero-order chi connectivity index (χ0) is 23.6. The molecule has 172 valence electrons. The van der Waals surface area contributed by atoms with Crippen LogP contribution in [0.3, 0.4) is 0 Å². The summed E-state index contributed by atoms with van der Waals surface area (Å²) in [7, 11) is 1.27. The summed E-state index contributed by atoms with van der Waals surface area (Å²) in [5.74, 6) is -1.37. The number of rotatable bonds is 10. The number of likely N-dealkylation sites (tertiary alicyclic amines) is 1. The Morgan fingerprint density at radius 2 is 2.10 bits per heavy atom. The number of methoxy groups -OCH3 is 1. The number of carbonyl (C=O) groups is 3. The molecule has 10 heteroatoms. The highest BCUT2D eigenvalue weighted by atomic mass is 35.5. The van der Waals surface area contributed by atoms with Gasteiger partial charge in [-0.05, 0) is 31.4 Å². The molecule has 0 aromatic heterocycles. The van der Waals surface area contributed by atoms with E-state index in [1.807, 2.05) is 0 Å². The van der Waals surface area contributed by atoms with E-state index < -0.39 is 24.1 Å². The molecular weight excluding hydrogens is 444 g/mol. The number of ether oxygens (including phenoxy) is 2. The van der Waals surface area contributed by atoms with Gasteiger partial charge in [-0.25, -0.2) is 14.4 Å². The number of hydrogen-bond donors (Lipinski definition) is 2. The third-order valence-electron chi connectivity index (χ3n) is 4.33. The minimum Gasteiger partial charge on any atom is -0.478 e. The smallest absolute Gasteiger partial charge is 0.408 e. The minimum absolute atomic E-state index is 0.156. The van der Waals surface area contributed by atoms with E-state index in [-0.39, 0.29) is 28.8 Å². The third kappa shape index (κ3) is 8.80. The van der Waals surface area contributed by atoms with Gasteiger partial charge in [0.05, 0.1) is 19.1 Å². The first-order valence-corrected chi connectivity index (χ1v) is 11.0. The van der Waals surface area contributed by atoms with E-state index in [9.17, 15) is 19.5 Å².